The van der Waals surface area contributed by atoms with Gasteiger partial charge in [0.15, 0.2) is 17.6 Å². The number of ether oxygens (including phenoxy) is 1. The van der Waals surface area contributed by atoms with E-state index in [1.54, 1.807) is 6.07 Å². The zero-order chi connectivity index (χ0) is 23.3. The number of hydrogen-bond donors (Lipinski definition) is 3. The maximum atomic E-state index is 12.9. The van der Waals surface area contributed by atoms with Crippen LogP contribution in [0.1, 0.15) is 58.1 Å². The molecular weight excluding hydrogens is 442 g/mol. The summed E-state index contributed by atoms with van der Waals surface area (Å²) in [5, 5.41) is 27.7. The molecule has 1 saturated heterocycles. The van der Waals surface area contributed by atoms with E-state index in [-0.39, 0.29) is 17.7 Å². The van der Waals surface area contributed by atoms with Crippen LogP contribution in [0.3, 0.4) is 0 Å². The first-order valence-corrected chi connectivity index (χ1v) is 12.7. The zero-order valence-corrected chi connectivity index (χ0v) is 19.2. The Morgan fingerprint density at radius 2 is 2.11 bits per heavy atom. The van der Waals surface area contributed by atoms with E-state index in [2.05, 4.69) is 10.2 Å². The molecule has 2 bridgehead atoms. The molecule has 7 nitrogen and oxygen atoms in total. The standard InChI is InChI=1S/C28H25N3O4/c32-18-7-6-14-10-19-28(34)11-16-22-20-15(26(33)30-22)2-1-3-17(20)29-23(16)25-27(28,21(14)24(18)35-25)8-9-31(19)12-13-4-5-13/h1-3,6-7,13,19,25,32,34H,4-5,8-12H2,(H,30,33)/t19-,25+,27+,28-/m1/s1. The first-order valence-electron chi connectivity index (χ1n) is 12.7. The van der Waals surface area contributed by atoms with E-state index in [0.29, 0.717) is 17.7 Å². The number of phenols is 1. The van der Waals surface area contributed by atoms with Crippen molar-refractivity contribution in [2.24, 2.45) is 5.92 Å². The molecule has 6 aliphatic rings. The van der Waals surface area contributed by atoms with E-state index in [9.17, 15) is 15.0 Å². The number of pyridine rings is 1. The molecule has 3 aromatic rings. The second-order valence-corrected chi connectivity index (χ2v) is 11.4. The summed E-state index contributed by atoms with van der Waals surface area (Å²) in [7, 11) is 0. The van der Waals surface area contributed by atoms with E-state index >= 15 is 0 Å². The molecule has 176 valence electrons. The Kier molecular flexibility index (Phi) is 3.16. The smallest absolute Gasteiger partial charge is 0.256 e. The molecule has 0 unspecified atom stereocenters. The Hall–Kier alpha value is -3.16. The third kappa shape index (κ3) is 2.01. The number of rotatable bonds is 2. The van der Waals surface area contributed by atoms with E-state index in [0.717, 1.165) is 65.3 Å². The zero-order valence-electron chi connectivity index (χ0n) is 19.2. The van der Waals surface area contributed by atoms with Crippen molar-refractivity contribution in [1.29, 1.82) is 0 Å². The van der Waals surface area contributed by atoms with Crippen molar-refractivity contribution in [3.63, 3.8) is 0 Å². The fourth-order valence-corrected chi connectivity index (χ4v) is 8.20. The number of hydrogen-bond acceptors (Lipinski definition) is 6. The minimum Gasteiger partial charge on any atom is -0.504 e. The van der Waals surface area contributed by atoms with Crippen molar-refractivity contribution < 1.29 is 19.7 Å². The van der Waals surface area contributed by atoms with Gasteiger partial charge < -0.3 is 20.3 Å². The van der Waals surface area contributed by atoms with Gasteiger partial charge in [-0.2, -0.15) is 0 Å². The lowest BCUT2D eigenvalue weighted by atomic mass is 9.48. The number of amides is 1. The molecular formula is C28H25N3O4. The highest BCUT2D eigenvalue weighted by molar-refractivity contribution is 6.24. The van der Waals surface area contributed by atoms with Gasteiger partial charge in [0.1, 0.15) is 0 Å². The second kappa shape index (κ2) is 5.79. The maximum Gasteiger partial charge on any atom is 0.256 e. The SMILES string of the molecule is O=C1Nc2c3c(nc4cccc1c24)[C@@H]1Oc2c(O)ccc4c2[C@@]12CCN(CC1CC1)[C@H](C4)[C@]2(O)C3. The van der Waals surface area contributed by atoms with Crippen LogP contribution in [0.5, 0.6) is 11.5 Å². The summed E-state index contributed by atoms with van der Waals surface area (Å²) in [5.41, 5.74) is 4.23. The number of phenolic OH excluding ortho intramolecular Hbond substituents is 1. The minimum atomic E-state index is -1.09. The first-order chi connectivity index (χ1) is 17.0. The molecule has 35 heavy (non-hydrogen) atoms. The topological polar surface area (TPSA) is 94.9 Å². The van der Waals surface area contributed by atoms with Gasteiger partial charge in [0, 0.05) is 35.5 Å². The molecule has 2 fully saturated rings. The molecule has 9 rings (SSSR count). The number of piperidine rings is 1. The highest BCUT2D eigenvalue weighted by Gasteiger charge is 2.73. The molecule has 3 N–H and O–H groups in total. The Balaban J connectivity index is 1.35. The average Bonchev–Trinajstić information content (AvgIpc) is 3.49. The molecule has 1 saturated carbocycles. The van der Waals surface area contributed by atoms with Crippen LogP contribution < -0.4 is 10.1 Å². The Morgan fingerprint density at radius 1 is 1.23 bits per heavy atom. The minimum absolute atomic E-state index is 0.0469. The normalized spacial score (nSPS) is 33.3. The number of carbonyl (C=O) groups excluding carboxylic acids is 1. The molecule has 1 amide bonds. The van der Waals surface area contributed by atoms with Crippen LogP contribution in [0.15, 0.2) is 30.3 Å². The summed E-state index contributed by atoms with van der Waals surface area (Å²) >= 11 is 0. The van der Waals surface area contributed by atoms with E-state index in [4.69, 9.17) is 9.72 Å². The summed E-state index contributed by atoms with van der Waals surface area (Å²) in [4.78, 5) is 20.4. The number of aromatic nitrogens is 1. The Labute approximate surface area is 201 Å². The molecule has 3 aliphatic carbocycles. The fourth-order valence-electron chi connectivity index (χ4n) is 8.20. The summed E-state index contributed by atoms with van der Waals surface area (Å²) < 4.78 is 6.62. The van der Waals surface area contributed by atoms with Gasteiger partial charge in [-0.25, -0.2) is 4.98 Å². The van der Waals surface area contributed by atoms with Crippen molar-refractivity contribution in [1.82, 2.24) is 9.88 Å². The quantitative estimate of drug-likeness (QED) is 0.536. The van der Waals surface area contributed by atoms with E-state index < -0.39 is 17.1 Å². The maximum absolute atomic E-state index is 12.9. The molecule has 1 aromatic heterocycles. The lowest BCUT2D eigenvalue weighted by Gasteiger charge is -2.63. The molecule has 1 spiro atoms. The van der Waals surface area contributed by atoms with Crippen molar-refractivity contribution in [2.45, 2.75) is 55.3 Å². The number of aliphatic hydroxyl groups is 1. The third-order valence-electron chi connectivity index (χ3n) is 9.84. The van der Waals surface area contributed by atoms with Gasteiger partial charge in [0.05, 0.1) is 33.5 Å². The van der Waals surface area contributed by atoms with Gasteiger partial charge in [-0.05, 0) is 61.9 Å². The second-order valence-electron chi connectivity index (χ2n) is 11.4. The van der Waals surface area contributed by atoms with Crippen LogP contribution in [-0.4, -0.2) is 50.7 Å². The summed E-state index contributed by atoms with van der Waals surface area (Å²) in [5.74, 6) is 1.23. The third-order valence-corrected chi connectivity index (χ3v) is 9.84. The predicted molar refractivity (Wildman–Crippen MR) is 128 cm³/mol. The van der Waals surface area contributed by atoms with E-state index in [1.807, 2.05) is 24.3 Å². The molecule has 4 heterocycles. The van der Waals surface area contributed by atoms with Gasteiger partial charge in [-0.15, -0.1) is 0 Å². The summed E-state index contributed by atoms with van der Waals surface area (Å²) in [6, 6.07) is 9.34. The van der Waals surface area contributed by atoms with Crippen molar-refractivity contribution in [3.05, 3.63) is 58.3 Å². The number of fused-ring (bicyclic) bond motifs is 3. The fraction of sp³-hybridized carbons (Fsp3) is 0.429. The summed E-state index contributed by atoms with van der Waals surface area (Å²) in [6.45, 7) is 1.92. The molecule has 7 heteroatoms. The molecule has 2 aromatic carbocycles. The van der Waals surface area contributed by atoms with Crippen LogP contribution in [0.2, 0.25) is 0 Å². The molecule has 0 radical (unpaired) electrons. The highest BCUT2D eigenvalue weighted by Crippen LogP contribution is 2.69. The monoisotopic (exact) mass is 467 g/mol. The number of nitrogens with one attached hydrogen (secondary N) is 1. The van der Waals surface area contributed by atoms with E-state index in [1.165, 1.54) is 18.4 Å². The highest BCUT2D eigenvalue weighted by atomic mass is 16.5. The number of benzene rings is 2. The number of likely N-dealkylation sites (tertiary alicyclic amines) is 1. The van der Waals surface area contributed by atoms with Crippen LogP contribution in [0.25, 0.3) is 10.9 Å². The van der Waals surface area contributed by atoms with Crippen LogP contribution in [-0.2, 0) is 18.3 Å². The predicted octanol–water partition coefficient (Wildman–Crippen LogP) is 3.21. The number of aromatic hydroxyl groups is 1. The number of anilines is 1. The van der Waals surface area contributed by atoms with Crippen molar-refractivity contribution in [3.8, 4) is 11.5 Å². The molecule has 3 aliphatic heterocycles. The number of carbonyl (C=O) groups is 1. The summed E-state index contributed by atoms with van der Waals surface area (Å²) in [6.07, 6.45) is 3.92. The average molecular weight is 468 g/mol. The van der Waals surface area contributed by atoms with Gasteiger partial charge in [-0.1, -0.05) is 12.1 Å². The lowest BCUT2D eigenvalue weighted by Crippen LogP contribution is -2.74. The van der Waals surface area contributed by atoms with Gasteiger partial charge >= 0.3 is 0 Å². The van der Waals surface area contributed by atoms with Gasteiger partial charge in [0.2, 0.25) is 0 Å². The lowest BCUT2D eigenvalue weighted by molar-refractivity contribution is -0.173. The van der Waals surface area contributed by atoms with Crippen molar-refractivity contribution in [2.75, 3.05) is 18.4 Å². The Bertz CT molecular complexity index is 1530. The van der Waals surface area contributed by atoms with Gasteiger partial charge in [0.25, 0.3) is 5.91 Å². The number of nitrogens with zero attached hydrogens (tertiary/aromatic N) is 2. The first kappa shape index (κ1) is 19.1. The largest absolute Gasteiger partial charge is 0.504 e. The van der Waals surface area contributed by atoms with Crippen LogP contribution >= 0.6 is 0 Å². The van der Waals surface area contributed by atoms with Crippen molar-refractivity contribution >= 4 is 22.5 Å². The van der Waals surface area contributed by atoms with Crippen LogP contribution in [0, 0.1) is 5.92 Å². The van der Waals surface area contributed by atoms with Gasteiger partial charge in [-0.3, -0.25) is 9.69 Å². The van der Waals surface area contributed by atoms with Crippen LogP contribution in [0.4, 0.5) is 5.69 Å². The Morgan fingerprint density at radius 3 is 2.97 bits per heavy atom. The molecule has 4 atom stereocenters.